The number of methoxy groups -OCH3 is 1. The second-order valence-electron chi connectivity index (χ2n) is 5.54. The van der Waals surface area contributed by atoms with Crippen LogP contribution in [0.2, 0.25) is 0 Å². The molecule has 23 heavy (non-hydrogen) atoms. The fourth-order valence-electron chi connectivity index (χ4n) is 2.26. The monoisotopic (exact) mass is 316 g/mol. The maximum Gasteiger partial charge on any atom is 0.314 e. The van der Waals surface area contributed by atoms with E-state index in [1.165, 1.54) is 12.1 Å². The fourth-order valence-corrected chi connectivity index (χ4v) is 2.26. The first-order valence-corrected chi connectivity index (χ1v) is 7.62. The van der Waals surface area contributed by atoms with Crippen LogP contribution in [0.15, 0.2) is 48.5 Å². The number of hydrogen-bond acceptors (Lipinski definition) is 3. The van der Waals surface area contributed by atoms with Crippen LogP contribution in [0.3, 0.4) is 0 Å². The molecule has 2 rings (SSSR count). The lowest BCUT2D eigenvalue weighted by Crippen LogP contribution is -2.19. The van der Waals surface area contributed by atoms with E-state index in [2.05, 4.69) is 0 Å². The topological polar surface area (TPSA) is 35.5 Å². The fraction of sp³-hybridized carbons (Fsp3) is 0.316. The van der Waals surface area contributed by atoms with Crippen molar-refractivity contribution in [3.8, 4) is 5.75 Å². The van der Waals surface area contributed by atoms with E-state index in [1.54, 1.807) is 38.3 Å². The van der Waals surface area contributed by atoms with Gasteiger partial charge in [0.1, 0.15) is 11.6 Å². The quantitative estimate of drug-likeness (QED) is 0.576. The molecule has 1 unspecified atom stereocenters. The highest BCUT2D eigenvalue weighted by molar-refractivity contribution is 5.75. The number of esters is 1. The minimum absolute atomic E-state index is 0.297. The first-order chi connectivity index (χ1) is 11.1. The Morgan fingerprint density at radius 1 is 1.13 bits per heavy atom. The van der Waals surface area contributed by atoms with Crippen LogP contribution in [0.1, 0.15) is 18.1 Å². The molecular formula is C19H21FO3. The Labute approximate surface area is 136 Å². The van der Waals surface area contributed by atoms with E-state index < -0.39 is 0 Å². The number of rotatable bonds is 7. The van der Waals surface area contributed by atoms with Crippen molar-refractivity contribution in [2.75, 3.05) is 13.7 Å². The zero-order chi connectivity index (χ0) is 16.7. The van der Waals surface area contributed by atoms with Crippen molar-refractivity contribution < 1.29 is 18.7 Å². The molecule has 0 N–H and O–H groups in total. The Balaban J connectivity index is 1.90. The Morgan fingerprint density at radius 3 is 2.52 bits per heavy atom. The van der Waals surface area contributed by atoms with Crippen molar-refractivity contribution in [3.05, 3.63) is 65.5 Å². The second kappa shape index (κ2) is 8.44. The third-order valence-electron chi connectivity index (χ3n) is 3.57. The molecule has 4 heteroatoms. The van der Waals surface area contributed by atoms with Gasteiger partial charge < -0.3 is 9.47 Å². The molecule has 0 amide bonds. The lowest BCUT2D eigenvalue weighted by molar-refractivity contribution is -0.138. The molecule has 0 aliphatic carbocycles. The highest BCUT2D eigenvalue weighted by atomic mass is 19.1. The van der Waals surface area contributed by atoms with Gasteiger partial charge in [-0.1, -0.05) is 31.2 Å². The van der Waals surface area contributed by atoms with Gasteiger partial charge in [-0.25, -0.2) is 4.39 Å². The maximum atomic E-state index is 13.2. The lowest BCUT2D eigenvalue weighted by Gasteiger charge is -2.12. The van der Waals surface area contributed by atoms with Gasteiger partial charge in [0.15, 0.2) is 0 Å². The average molecular weight is 316 g/mol. The minimum atomic E-state index is -0.343. The normalized spacial score (nSPS) is 12.0. The summed E-state index contributed by atoms with van der Waals surface area (Å²) >= 11 is 0. The summed E-state index contributed by atoms with van der Waals surface area (Å²) in [6, 6.07) is 13.7. The summed E-state index contributed by atoms with van der Waals surface area (Å²) in [5.74, 6) is -0.444. The summed E-state index contributed by atoms with van der Waals surface area (Å²) in [6.07, 6.45) is 1.27. The van der Waals surface area contributed by atoms with Gasteiger partial charge in [-0.3, -0.25) is 4.79 Å². The molecule has 2 aromatic rings. The zero-order valence-electron chi connectivity index (χ0n) is 13.4. The van der Waals surface area contributed by atoms with Gasteiger partial charge >= 0.3 is 5.97 Å². The van der Waals surface area contributed by atoms with Crippen LogP contribution >= 0.6 is 0 Å². The molecule has 0 saturated heterocycles. The Bertz CT molecular complexity index is 637. The van der Waals surface area contributed by atoms with Crippen molar-refractivity contribution in [3.63, 3.8) is 0 Å². The molecule has 0 bridgehead atoms. The number of ether oxygens (including phenoxy) is 2. The molecule has 0 heterocycles. The van der Waals surface area contributed by atoms with E-state index in [0.717, 1.165) is 17.5 Å². The first kappa shape index (κ1) is 17.2. The molecule has 1 atom stereocenters. The number of halogens is 1. The second-order valence-corrected chi connectivity index (χ2v) is 5.54. The van der Waals surface area contributed by atoms with Crippen LogP contribution < -0.4 is 4.74 Å². The molecule has 0 radical (unpaired) electrons. The molecule has 0 aromatic heterocycles. The third-order valence-corrected chi connectivity index (χ3v) is 3.57. The molecule has 0 fully saturated rings. The van der Waals surface area contributed by atoms with Gasteiger partial charge in [-0.15, -0.1) is 0 Å². The third kappa shape index (κ3) is 5.49. The summed E-state index contributed by atoms with van der Waals surface area (Å²) in [4.78, 5) is 12.1. The van der Waals surface area contributed by atoms with Crippen LogP contribution in [0.25, 0.3) is 0 Å². The average Bonchev–Trinajstić information content (AvgIpc) is 2.54. The van der Waals surface area contributed by atoms with Crippen LogP contribution in [0.4, 0.5) is 4.39 Å². The molecule has 2 aromatic carbocycles. The number of hydrogen-bond donors (Lipinski definition) is 0. The number of carbonyl (C=O) groups is 1. The Kier molecular flexibility index (Phi) is 6.29. The summed E-state index contributed by atoms with van der Waals surface area (Å²) in [7, 11) is 1.66. The largest absolute Gasteiger partial charge is 0.426 e. The van der Waals surface area contributed by atoms with Crippen molar-refractivity contribution in [1.82, 2.24) is 0 Å². The van der Waals surface area contributed by atoms with Crippen LogP contribution in [0.5, 0.6) is 5.75 Å². The molecule has 0 aliphatic heterocycles. The zero-order valence-corrected chi connectivity index (χ0v) is 13.4. The van der Waals surface area contributed by atoms with E-state index in [-0.39, 0.29) is 17.7 Å². The summed E-state index contributed by atoms with van der Waals surface area (Å²) in [5.41, 5.74) is 1.91. The molecule has 0 saturated carbocycles. The van der Waals surface area contributed by atoms with Crippen LogP contribution in [-0.4, -0.2) is 19.7 Å². The minimum Gasteiger partial charge on any atom is -0.426 e. The van der Waals surface area contributed by atoms with Crippen molar-refractivity contribution >= 4 is 5.97 Å². The summed E-state index contributed by atoms with van der Waals surface area (Å²) in [6.45, 7) is 2.43. The summed E-state index contributed by atoms with van der Waals surface area (Å²) in [5, 5.41) is 0. The van der Waals surface area contributed by atoms with Crippen molar-refractivity contribution in [2.24, 2.45) is 5.92 Å². The van der Waals surface area contributed by atoms with Gasteiger partial charge in [0.05, 0.1) is 12.5 Å². The first-order valence-electron chi connectivity index (χ1n) is 7.62. The number of benzene rings is 2. The SMILES string of the molecule is COCCc1ccc(OC(=O)C(C)Cc2cccc(F)c2)cc1. The van der Waals surface area contributed by atoms with Crippen LogP contribution in [-0.2, 0) is 22.4 Å². The van der Waals surface area contributed by atoms with E-state index in [0.29, 0.717) is 18.8 Å². The van der Waals surface area contributed by atoms with Gasteiger partial charge in [-0.05, 0) is 48.2 Å². The van der Waals surface area contributed by atoms with Crippen molar-refractivity contribution in [2.45, 2.75) is 19.8 Å². The predicted molar refractivity (Wildman–Crippen MR) is 86.9 cm³/mol. The molecule has 0 spiro atoms. The van der Waals surface area contributed by atoms with Gasteiger partial charge in [0.25, 0.3) is 0 Å². The highest BCUT2D eigenvalue weighted by Crippen LogP contribution is 2.17. The Hall–Kier alpha value is -2.20. The summed E-state index contributed by atoms with van der Waals surface area (Å²) < 4.78 is 23.6. The van der Waals surface area contributed by atoms with E-state index in [4.69, 9.17) is 9.47 Å². The van der Waals surface area contributed by atoms with E-state index >= 15 is 0 Å². The number of carbonyl (C=O) groups excluding carboxylic acids is 1. The van der Waals surface area contributed by atoms with Gasteiger partial charge in [0, 0.05) is 7.11 Å². The molecule has 3 nitrogen and oxygen atoms in total. The van der Waals surface area contributed by atoms with E-state index in [9.17, 15) is 9.18 Å². The molecule has 122 valence electrons. The van der Waals surface area contributed by atoms with E-state index in [1.807, 2.05) is 12.1 Å². The van der Waals surface area contributed by atoms with Gasteiger partial charge in [-0.2, -0.15) is 0 Å². The molecular weight excluding hydrogens is 295 g/mol. The maximum absolute atomic E-state index is 13.2. The van der Waals surface area contributed by atoms with Crippen LogP contribution in [0, 0.1) is 11.7 Å². The standard InChI is InChI=1S/C19H21FO3/c1-14(12-16-4-3-5-17(20)13-16)19(21)23-18-8-6-15(7-9-18)10-11-22-2/h3-9,13-14H,10-12H2,1-2H3. The van der Waals surface area contributed by atoms with Gasteiger partial charge in [0.2, 0.25) is 0 Å². The molecule has 0 aliphatic rings. The predicted octanol–water partition coefficient (Wildman–Crippen LogP) is 3.80. The highest BCUT2D eigenvalue weighted by Gasteiger charge is 2.16. The smallest absolute Gasteiger partial charge is 0.314 e. The lowest BCUT2D eigenvalue weighted by atomic mass is 10.0. The van der Waals surface area contributed by atoms with Crippen molar-refractivity contribution in [1.29, 1.82) is 0 Å². The Morgan fingerprint density at radius 2 is 1.87 bits per heavy atom.